The molecule has 0 aromatic heterocycles. The van der Waals surface area contributed by atoms with Crippen LogP contribution in [-0.4, -0.2) is 17.5 Å². The van der Waals surface area contributed by atoms with Crippen molar-refractivity contribution in [3.63, 3.8) is 0 Å². The number of nitro benzene ring substituents is 1. The second kappa shape index (κ2) is 6.59. The van der Waals surface area contributed by atoms with E-state index in [1.54, 1.807) is 12.1 Å². The van der Waals surface area contributed by atoms with Gasteiger partial charge in [-0.2, -0.15) is 0 Å². The SMILES string of the molecule is CCCNc1cc(NC(C)C2CCC2)cc([N+](=O)[O-])c1. The number of nitro groups is 1. The van der Waals surface area contributed by atoms with Gasteiger partial charge in [-0.05, 0) is 38.2 Å². The van der Waals surface area contributed by atoms with Crippen LogP contribution in [0.15, 0.2) is 18.2 Å². The summed E-state index contributed by atoms with van der Waals surface area (Å²) in [5.74, 6) is 0.696. The maximum absolute atomic E-state index is 11.0. The topological polar surface area (TPSA) is 67.2 Å². The molecule has 110 valence electrons. The lowest BCUT2D eigenvalue weighted by atomic mass is 9.80. The molecule has 1 unspecified atom stereocenters. The second-order valence-corrected chi connectivity index (χ2v) is 5.58. The van der Waals surface area contributed by atoms with Gasteiger partial charge < -0.3 is 10.6 Å². The molecule has 20 heavy (non-hydrogen) atoms. The van der Waals surface area contributed by atoms with Crippen LogP contribution in [0.1, 0.15) is 39.5 Å². The van der Waals surface area contributed by atoms with Gasteiger partial charge in [0.15, 0.2) is 0 Å². The molecule has 2 N–H and O–H groups in total. The Labute approximate surface area is 119 Å². The summed E-state index contributed by atoms with van der Waals surface area (Å²) in [6.45, 7) is 5.04. The highest BCUT2D eigenvalue weighted by atomic mass is 16.6. The third-order valence-electron chi connectivity index (χ3n) is 3.96. The lowest BCUT2D eigenvalue weighted by Crippen LogP contribution is -2.30. The largest absolute Gasteiger partial charge is 0.385 e. The highest BCUT2D eigenvalue weighted by Gasteiger charge is 2.24. The second-order valence-electron chi connectivity index (χ2n) is 5.58. The van der Waals surface area contributed by atoms with E-state index in [1.165, 1.54) is 19.3 Å². The number of non-ortho nitro benzene ring substituents is 1. The van der Waals surface area contributed by atoms with Crippen molar-refractivity contribution in [2.45, 2.75) is 45.6 Å². The summed E-state index contributed by atoms with van der Waals surface area (Å²) in [6.07, 6.45) is 4.80. The van der Waals surface area contributed by atoms with Crippen molar-refractivity contribution >= 4 is 17.1 Å². The van der Waals surface area contributed by atoms with E-state index in [0.29, 0.717) is 12.0 Å². The zero-order valence-electron chi connectivity index (χ0n) is 12.2. The van der Waals surface area contributed by atoms with Crippen LogP contribution in [0.5, 0.6) is 0 Å². The average Bonchev–Trinajstić information content (AvgIpc) is 2.33. The molecule has 0 saturated heterocycles. The van der Waals surface area contributed by atoms with Crippen LogP contribution >= 0.6 is 0 Å². The van der Waals surface area contributed by atoms with E-state index < -0.39 is 0 Å². The molecular weight excluding hydrogens is 254 g/mol. The van der Waals surface area contributed by atoms with Gasteiger partial charge in [-0.25, -0.2) is 0 Å². The fraction of sp³-hybridized carbons (Fsp3) is 0.600. The molecule has 0 spiro atoms. The quantitative estimate of drug-likeness (QED) is 0.583. The first-order chi connectivity index (χ1) is 9.60. The lowest BCUT2D eigenvalue weighted by Gasteiger charge is -2.32. The molecule has 1 aliphatic rings. The van der Waals surface area contributed by atoms with Gasteiger partial charge in [-0.15, -0.1) is 0 Å². The standard InChI is InChI=1S/C15H23N3O2/c1-3-7-16-13-8-14(10-15(9-13)18(19)20)17-11(2)12-5-4-6-12/h8-12,16-17H,3-7H2,1-2H3. The van der Waals surface area contributed by atoms with E-state index in [0.717, 1.165) is 24.3 Å². The maximum atomic E-state index is 11.0. The summed E-state index contributed by atoms with van der Waals surface area (Å²) >= 11 is 0. The van der Waals surface area contributed by atoms with Crippen molar-refractivity contribution in [1.82, 2.24) is 0 Å². The Kier molecular flexibility index (Phi) is 4.82. The summed E-state index contributed by atoms with van der Waals surface area (Å²) in [4.78, 5) is 10.7. The van der Waals surface area contributed by atoms with E-state index in [-0.39, 0.29) is 10.6 Å². The predicted molar refractivity (Wildman–Crippen MR) is 82.3 cm³/mol. The Morgan fingerprint density at radius 1 is 1.35 bits per heavy atom. The van der Waals surface area contributed by atoms with Crippen LogP contribution in [0.4, 0.5) is 17.1 Å². The summed E-state index contributed by atoms with van der Waals surface area (Å²) in [7, 11) is 0. The van der Waals surface area contributed by atoms with Crippen LogP contribution < -0.4 is 10.6 Å². The molecule has 2 rings (SSSR count). The van der Waals surface area contributed by atoms with Crippen LogP contribution in [0, 0.1) is 16.0 Å². The molecule has 1 aliphatic carbocycles. The number of nitrogens with one attached hydrogen (secondary N) is 2. The van der Waals surface area contributed by atoms with E-state index in [1.807, 2.05) is 6.07 Å². The van der Waals surface area contributed by atoms with Gasteiger partial charge in [0.1, 0.15) is 0 Å². The Morgan fingerprint density at radius 2 is 2.05 bits per heavy atom. The predicted octanol–water partition coefficient (Wildman–Crippen LogP) is 4.02. The third-order valence-corrected chi connectivity index (χ3v) is 3.96. The number of rotatable bonds is 7. The summed E-state index contributed by atoms with van der Waals surface area (Å²) < 4.78 is 0. The van der Waals surface area contributed by atoms with Gasteiger partial charge in [-0.1, -0.05) is 13.3 Å². The van der Waals surface area contributed by atoms with Crippen molar-refractivity contribution in [3.8, 4) is 0 Å². The Morgan fingerprint density at radius 3 is 2.60 bits per heavy atom. The molecule has 0 amide bonds. The number of anilines is 2. The van der Waals surface area contributed by atoms with Crippen LogP contribution in [0.25, 0.3) is 0 Å². The molecular formula is C15H23N3O2. The minimum Gasteiger partial charge on any atom is -0.385 e. The molecule has 1 aromatic rings. The normalized spacial score (nSPS) is 16.3. The molecule has 5 nitrogen and oxygen atoms in total. The van der Waals surface area contributed by atoms with Gasteiger partial charge in [0.05, 0.1) is 4.92 Å². The Bertz CT molecular complexity index is 472. The zero-order chi connectivity index (χ0) is 14.5. The van der Waals surface area contributed by atoms with Crippen molar-refractivity contribution in [3.05, 3.63) is 28.3 Å². The average molecular weight is 277 g/mol. The molecule has 1 atom stereocenters. The highest BCUT2D eigenvalue weighted by Crippen LogP contribution is 2.32. The lowest BCUT2D eigenvalue weighted by molar-refractivity contribution is -0.384. The van der Waals surface area contributed by atoms with Crippen molar-refractivity contribution in [2.75, 3.05) is 17.2 Å². The van der Waals surface area contributed by atoms with Gasteiger partial charge in [-0.3, -0.25) is 10.1 Å². The monoisotopic (exact) mass is 277 g/mol. The van der Waals surface area contributed by atoms with E-state index >= 15 is 0 Å². The number of benzene rings is 1. The molecule has 1 saturated carbocycles. The third kappa shape index (κ3) is 3.62. The van der Waals surface area contributed by atoms with Crippen molar-refractivity contribution in [2.24, 2.45) is 5.92 Å². The maximum Gasteiger partial charge on any atom is 0.273 e. The van der Waals surface area contributed by atoms with Gasteiger partial charge in [0.25, 0.3) is 5.69 Å². The molecule has 5 heteroatoms. The number of nitrogens with zero attached hydrogens (tertiary/aromatic N) is 1. The highest BCUT2D eigenvalue weighted by molar-refractivity contribution is 5.63. The Hall–Kier alpha value is -1.78. The molecule has 1 aromatic carbocycles. The number of hydrogen-bond acceptors (Lipinski definition) is 4. The van der Waals surface area contributed by atoms with Gasteiger partial charge in [0.2, 0.25) is 0 Å². The minimum atomic E-state index is -0.337. The molecule has 0 radical (unpaired) electrons. The van der Waals surface area contributed by atoms with Crippen LogP contribution in [-0.2, 0) is 0 Å². The smallest absolute Gasteiger partial charge is 0.273 e. The van der Waals surface area contributed by atoms with Crippen molar-refractivity contribution in [1.29, 1.82) is 0 Å². The molecule has 1 fully saturated rings. The van der Waals surface area contributed by atoms with Crippen molar-refractivity contribution < 1.29 is 4.92 Å². The molecule has 0 bridgehead atoms. The van der Waals surface area contributed by atoms with Gasteiger partial charge >= 0.3 is 0 Å². The van der Waals surface area contributed by atoms with E-state index in [9.17, 15) is 10.1 Å². The Balaban J connectivity index is 2.12. The molecule has 0 heterocycles. The van der Waals surface area contributed by atoms with Gasteiger partial charge in [0, 0.05) is 36.1 Å². The van der Waals surface area contributed by atoms with E-state index in [4.69, 9.17) is 0 Å². The minimum absolute atomic E-state index is 0.134. The number of hydrogen-bond donors (Lipinski definition) is 2. The summed E-state index contributed by atoms with van der Waals surface area (Å²) in [5, 5.41) is 17.6. The summed E-state index contributed by atoms with van der Waals surface area (Å²) in [5.41, 5.74) is 1.77. The van der Waals surface area contributed by atoms with E-state index in [2.05, 4.69) is 24.5 Å². The first kappa shape index (κ1) is 14.6. The van der Waals surface area contributed by atoms with Crippen LogP contribution in [0.3, 0.4) is 0 Å². The zero-order valence-corrected chi connectivity index (χ0v) is 12.2. The summed E-state index contributed by atoms with van der Waals surface area (Å²) in [6, 6.07) is 5.53. The molecule has 0 aliphatic heterocycles. The first-order valence-corrected chi connectivity index (χ1v) is 7.40. The first-order valence-electron chi connectivity index (χ1n) is 7.40. The fourth-order valence-electron chi connectivity index (χ4n) is 2.49. The van der Waals surface area contributed by atoms with Crippen LogP contribution in [0.2, 0.25) is 0 Å². The fourth-order valence-corrected chi connectivity index (χ4v) is 2.49.